The van der Waals surface area contributed by atoms with Gasteiger partial charge >= 0.3 is 0 Å². The Morgan fingerprint density at radius 2 is 1.95 bits per heavy atom. The summed E-state index contributed by atoms with van der Waals surface area (Å²) in [6.07, 6.45) is 5.46. The molecule has 0 aliphatic carbocycles. The molecule has 12 heteroatoms. The number of anilines is 4. The highest BCUT2D eigenvalue weighted by Gasteiger charge is 2.19. The first kappa shape index (κ1) is 24.5. The van der Waals surface area contributed by atoms with Crippen LogP contribution in [0.3, 0.4) is 0 Å². The van der Waals surface area contributed by atoms with Gasteiger partial charge in [0.2, 0.25) is 5.95 Å². The predicted molar refractivity (Wildman–Crippen MR) is 138 cm³/mol. The zero-order chi connectivity index (χ0) is 25.8. The standard InChI is InChI=1S/C25H24FN7O3S/c1-16-4-2-3-5-23(16)37(34,35)33-22-7-6-17(12-20(22)26)30-21-8-10-27-13-19(21)24-28-15-29-25(32-24)31-18-9-11-36-14-18/h2-8,10,12-13,15,18,33H,9,11,14H2,1H3,(H,27,30)(H,28,29,31,32). The van der Waals surface area contributed by atoms with Crippen LogP contribution in [0.1, 0.15) is 12.0 Å². The van der Waals surface area contributed by atoms with Crippen molar-refractivity contribution in [2.24, 2.45) is 0 Å². The van der Waals surface area contributed by atoms with Crippen molar-refractivity contribution < 1.29 is 17.5 Å². The molecule has 1 aliphatic heterocycles. The minimum atomic E-state index is -3.95. The molecule has 2 aromatic carbocycles. The number of aryl methyl sites for hydroxylation is 1. The number of aromatic nitrogens is 4. The van der Waals surface area contributed by atoms with E-state index in [0.717, 1.165) is 6.42 Å². The predicted octanol–water partition coefficient (Wildman–Crippen LogP) is 4.13. The topological polar surface area (TPSA) is 131 Å². The number of nitrogens with one attached hydrogen (secondary N) is 3. The van der Waals surface area contributed by atoms with Gasteiger partial charge in [0.05, 0.1) is 34.5 Å². The summed E-state index contributed by atoms with van der Waals surface area (Å²) >= 11 is 0. The molecular formula is C25H24FN7O3S. The van der Waals surface area contributed by atoms with Crippen molar-refractivity contribution in [1.82, 2.24) is 19.9 Å². The van der Waals surface area contributed by atoms with Gasteiger partial charge in [-0.2, -0.15) is 4.98 Å². The van der Waals surface area contributed by atoms with Gasteiger partial charge in [-0.1, -0.05) is 18.2 Å². The third kappa shape index (κ3) is 5.65. The van der Waals surface area contributed by atoms with Crippen molar-refractivity contribution in [3.05, 3.63) is 78.6 Å². The van der Waals surface area contributed by atoms with Gasteiger partial charge in [-0.3, -0.25) is 9.71 Å². The van der Waals surface area contributed by atoms with Crippen LogP contribution >= 0.6 is 0 Å². The van der Waals surface area contributed by atoms with E-state index in [9.17, 15) is 12.8 Å². The quantitative estimate of drug-likeness (QED) is 0.313. The van der Waals surface area contributed by atoms with Crippen LogP contribution in [0.2, 0.25) is 0 Å². The smallest absolute Gasteiger partial charge is 0.262 e. The largest absolute Gasteiger partial charge is 0.379 e. The molecule has 37 heavy (non-hydrogen) atoms. The number of halogens is 1. The SMILES string of the molecule is Cc1ccccc1S(=O)(=O)Nc1ccc(Nc2ccncc2-c2ncnc(NC3CCOC3)n2)cc1F. The van der Waals surface area contributed by atoms with Crippen LogP contribution < -0.4 is 15.4 Å². The highest BCUT2D eigenvalue weighted by molar-refractivity contribution is 7.92. The number of hydrogen-bond donors (Lipinski definition) is 3. The number of nitrogens with zero attached hydrogens (tertiary/aromatic N) is 4. The van der Waals surface area contributed by atoms with Crippen molar-refractivity contribution in [2.45, 2.75) is 24.3 Å². The molecule has 10 nitrogen and oxygen atoms in total. The maximum absolute atomic E-state index is 14.9. The molecule has 1 aliphatic rings. The zero-order valence-corrected chi connectivity index (χ0v) is 20.7. The Morgan fingerprint density at radius 3 is 2.73 bits per heavy atom. The number of benzene rings is 2. The van der Waals surface area contributed by atoms with Crippen LogP contribution in [-0.4, -0.2) is 47.6 Å². The van der Waals surface area contributed by atoms with Crippen molar-refractivity contribution >= 4 is 33.0 Å². The van der Waals surface area contributed by atoms with Crippen molar-refractivity contribution in [1.29, 1.82) is 0 Å². The Balaban J connectivity index is 1.36. The molecule has 1 fully saturated rings. The van der Waals surface area contributed by atoms with Crippen LogP contribution in [0.25, 0.3) is 11.4 Å². The molecule has 2 aromatic heterocycles. The van der Waals surface area contributed by atoms with Gasteiger partial charge in [0.1, 0.15) is 12.1 Å². The number of ether oxygens (including phenoxy) is 1. The van der Waals surface area contributed by atoms with Gasteiger partial charge in [0.15, 0.2) is 5.82 Å². The maximum Gasteiger partial charge on any atom is 0.262 e. The fourth-order valence-corrected chi connectivity index (χ4v) is 5.21. The second kappa shape index (κ2) is 10.4. The lowest BCUT2D eigenvalue weighted by Crippen LogP contribution is -2.20. The van der Waals surface area contributed by atoms with Gasteiger partial charge in [0.25, 0.3) is 10.0 Å². The summed E-state index contributed by atoms with van der Waals surface area (Å²) in [6, 6.07) is 12.5. The highest BCUT2D eigenvalue weighted by atomic mass is 32.2. The first-order valence-electron chi connectivity index (χ1n) is 11.5. The van der Waals surface area contributed by atoms with E-state index < -0.39 is 15.8 Å². The molecule has 3 N–H and O–H groups in total. The molecule has 1 saturated heterocycles. The molecule has 0 spiro atoms. The lowest BCUT2D eigenvalue weighted by molar-refractivity contribution is 0.195. The monoisotopic (exact) mass is 521 g/mol. The minimum Gasteiger partial charge on any atom is -0.379 e. The molecule has 0 saturated carbocycles. The Bertz CT molecular complexity index is 1530. The zero-order valence-electron chi connectivity index (χ0n) is 19.8. The molecular weight excluding hydrogens is 497 g/mol. The van der Waals surface area contributed by atoms with E-state index in [1.165, 1.54) is 24.5 Å². The molecule has 5 rings (SSSR count). The third-order valence-corrected chi connectivity index (χ3v) is 7.30. The van der Waals surface area contributed by atoms with Crippen LogP contribution in [0.4, 0.5) is 27.4 Å². The normalized spacial score (nSPS) is 15.4. The summed E-state index contributed by atoms with van der Waals surface area (Å²) in [6.45, 7) is 2.96. The van der Waals surface area contributed by atoms with Gasteiger partial charge in [-0.05, 0) is 49.2 Å². The fraction of sp³-hybridized carbons (Fsp3) is 0.200. The van der Waals surface area contributed by atoms with Gasteiger partial charge in [-0.25, -0.2) is 22.8 Å². The second-order valence-corrected chi connectivity index (χ2v) is 10.1. The van der Waals surface area contributed by atoms with Crippen molar-refractivity contribution in [2.75, 3.05) is 28.6 Å². The summed E-state index contributed by atoms with van der Waals surface area (Å²) in [5, 5.41) is 6.37. The second-order valence-electron chi connectivity index (χ2n) is 8.45. The van der Waals surface area contributed by atoms with E-state index in [2.05, 4.69) is 35.3 Å². The van der Waals surface area contributed by atoms with Gasteiger partial charge in [0, 0.05) is 24.7 Å². The Labute approximate surface area is 213 Å². The summed E-state index contributed by atoms with van der Waals surface area (Å²) in [5.41, 5.74) is 1.98. The van der Waals surface area contributed by atoms with E-state index >= 15 is 0 Å². The maximum atomic E-state index is 14.9. The third-order valence-electron chi connectivity index (χ3n) is 5.77. The first-order valence-corrected chi connectivity index (χ1v) is 13.0. The number of rotatable bonds is 8. The van der Waals surface area contributed by atoms with E-state index in [-0.39, 0.29) is 16.6 Å². The van der Waals surface area contributed by atoms with Crippen molar-refractivity contribution in [3.8, 4) is 11.4 Å². The molecule has 0 radical (unpaired) electrons. The Kier molecular flexibility index (Phi) is 6.93. The summed E-state index contributed by atoms with van der Waals surface area (Å²) in [5.74, 6) is 0.0740. The molecule has 190 valence electrons. The van der Waals surface area contributed by atoms with Crippen LogP contribution in [0.15, 0.2) is 72.1 Å². The summed E-state index contributed by atoms with van der Waals surface area (Å²) in [7, 11) is -3.95. The van der Waals surface area contributed by atoms with E-state index in [4.69, 9.17) is 4.74 Å². The van der Waals surface area contributed by atoms with Gasteiger partial charge < -0.3 is 15.4 Å². The van der Waals surface area contributed by atoms with E-state index in [0.29, 0.717) is 47.5 Å². The lowest BCUT2D eigenvalue weighted by Gasteiger charge is -2.14. The Hall–Kier alpha value is -4.16. The molecule has 4 aromatic rings. The number of sulfonamides is 1. The average molecular weight is 522 g/mol. The van der Waals surface area contributed by atoms with Crippen molar-refractivity contribution in [3.63, 3.8) is 0 Å². The average Bonchev–Trinajstić information content (AvgIpc) is 3.39. The van der Waals surface area contributed by atoms with Gasteiger partial charge in [-0.15, -0.1) is 0 Å². The first-order chi connectivity index (χ1) is 17.9. The highest BCUT2D eigenvalue weighted by Crippen LogP contribution is 2.30. The minimum absolute atomic E-state index is 0.0877. The molecule has 1 unspecified atom stereocenters. The van der Waals surface area contributed by atoms with Crippen LogP contribution in [0.5, 0.6) is 0 Å². The summed E-state index contributed by atoms with van der Waals surface area (Å²) in [4.78, 5) is 17.2. The summed E-state index contributed by atoms with van der Waals surface area (Å²) < 4.78 is 48.2. The van der Waals surface area contributed by atoms with E-state index in [1.54, 1.807) is 49.6 Å². The molecule has 3 heterocycles. The Morgan fingerprint density at radius 1 is 1.08 bits per heavy atom. The van der Waals surface area contributed by atoms with Crippen LogP contribution in [0, 0.1) is 12.7 Å². The van der Waals surface area contributed by atoms with Crippen LogP contribution in [-0.2, 0) is 14.8 Å². The molecule has 0 bridgehead atoms. The lowest BCUT2D eigenvalue weighted by atomic mass is 10.2. The van der Waals surface area contributed by atoms with E-state index in [1.807, 2.05) is 0 Å². The molecule has 1 atom stereocenters. The number of pyridine rings is 1. The molecule has 0 amide bonds. The fourth-order valence-electron chi connectivity index (χ4n) is 3.90. The number of hydrogen-bond acceptors (Lipinski definition) is 9.